The van der Waals surface area contributed by atoms with E-state index in [2.05, 4.69) is 20.6 Å². The normalized spacial score (nSPS) is 10.2. The van der Waals surface area contributed by atoms with Crippen molar-refractivity contribution in [3.63, 3.8) is 0 Å². The van der Waals surface area contributed by atoms with Crippen molar-refractivity contribution in [2.75, 3.05) is 24.9 Å². The van der Waals surface area contributed by atoms with Gasteiger partial charge in [0.2, 0.25) is 5.95 Å². The van der Waals surface area contributed by atoms with Gasteiger partial charge in [-0.15, -0.1) is 0 Å². The van der Waals surface area contributed by atoms with E-state index in [4.69, 9.17) is 9.47 Å². The molecule has 0 saturated heterocycles. The highest BCUT2D eigenvalue weighted by atomic mass is 16.5. The number of nitrogens with one attached hydrogen (secondary N) is 2. The number of ether oxygens (including phenoxy) is 2. The molecule has 3 rings (SSSR count). The number of nitrogens with zero attached hydrogens (tertiary/aromatic N) is 2. The van der Waals surface area contributed by atoms with Crippen molar-refractivity contribution in [1.82, 2.24) is 9.97 Å². The van der Waals surface area contributed by atoms with Crippen LogP contribution in [0.3, 0.4) is 0 Å². The Bertz CT molecular complexity index is 942. The van der Waals surface area contributed by atoms with Crippen molar-refractivity contribution < 1.29 is 14.3 Å². The molecule has 2 N–H and O–H groups in total. The molecule has 0 bridgehead atoms. The van der Waals surface area contributed by atoms with Gasteiger partial charge >= 0.3 is 0 Å². The lowest BCUT2D eigenvalue weighted by Gasteiger charge is -2.12. The zero-order valence-corrected chi connectivity index (χ0v) is 15.3. The SMILES string of the molecule is COc1ccc(NC(=O)c2cnc(Nc3ccccc3C)nc2)c(OC)c1. The molecule has 1 amide bonds. The van der Waals surface area contributed by atoms with E-state index in [0.717, 1.165) is 11.3 Å². The lowest BCUT2D eigenvalue weighted by atomic mass is 10.2. The Morgan fingerprint density at radius 3 is 2.37 bits per heavy atom. The maximum atomic E-state index is 12.5. The average Bonchev–Trinajstić information content (AvgIpc) is 2.70. The number of rotatable bonds is 6. The number of benzene rings is 2. The quantitative estimate of drug-likeness (QED) is 0.692. The summed E-state index contributed by atoms with van der Waals surface area (Å²) in [5.41, 5.74) is 2.86. The maximum Gasteiger partial charge on any atom is 0.258 e. The first-order valence-corrected chi connectivity index (χ1v) is 8.29. The molecule has 1 aromatic heterocycles. The number of hydrogen-bond acceptors (Lipinski definition) is 6. The predicted octanol–water partition coefficient (Wildman–Crippen LogP) is 3.80. The molecule has 7 nitrogen and oxygen atoms in total. The molecule has 3 aromatic rings. The molecule has 1 heterocycles. The largest absolute Gasteiger partial charge is 0.497 e. The van der Waals surface area contributed by atoms with Gasteiger partial charge in [0.25, 0.3) is 5.91 Å². The Kier molecular flexibility index (Phi) is 5.51. The lowest BCUT2D eigenvalue weighted by molar-refractivity contribution is 0.102. The first-order chi connectivity index (χ1) is 13.1. The topological polar surface area (TPSA) is 85.4 Å². The fraction of sp³-hybridized carbons (Fsp3) is 0.150. The summed E-state index contributed by atoms with van der Waals surface area (Å²) in [7, 11) is 3.09. The number of aromatic nitrogens is 2. The van der Waals surface area contributed by atoms with E-state index in [1.54, 1.807) is 25.3 Å². The minimum absolute atomic E-state index is 0.332. The van der Waals surface area contributed by atoms with Gasteiger partial charge in [-0.1, -0.05) is 18.2 Å². The third-order valence-corrected chi connectivity index (χ3v) is 3.96. The molecule has 0 unspecified atom stereocenters. The monoisotopic (exact) mass is 364 g/mol. The number of carbonyl (C=O) groups is 1. The molecule has 0 radical (unpaired) electrons. The first-order valence-electron chi connectivity index (χ1n) is 8.29. The minimum atomic E-state index is -0.332. The van der Waals surface area contributed by atoms with Crippen LogP contribution >= 0.6 is 0 Å². The Balaban J connectivity index is 1.72. The van der Waals surface area contributed by atoms with Crippen molar-refractivity contribution in [2.45, 2.75) is 6.92 Å². The highest BCUT2D eigenvalue weighted by Gasteiger charge is 2.12. The fourth-order valence-electron chi connectivity index (χ4n) is 2.44. The van der Waals surface area contributed by atoms with Gasteiger partial charge in [-0.2, -0.15) is 0 Å². The van der Waals surface area contributed by atoms with E-state index in [1.165, 1.54) is 19.5 Å². The molecule has 0 aliphatic rings. The summed E-state index contributed by atoms with van der Waals surface area (Å²) in [6, 6.07) is 13.0. The second kappa shape index (κ2) is 8.18. The molecule has 0 spiro atoms. The van der Waals surface area contributed by atoms with Gasteiger partial charge in [0.15, 0.2) is 0 Å². The van der Waals surface area contributed by atoms with Crippen LogP contribution in [0.5, 0.6) is 11.5 Å². The van der Waals surface area contributed by atoms with E-state index in [9.17, 15) is 4.79 Å². The van der Waals surface area contributed by atoms with Gasteiger partial charge < -0.3 is 20.1 Å². The second-order valence-electron chi connectivity index (χ2n) is 5.76. The Hall–Kier alpha value is -3.61. The average molecular weight is 364 g/mol. The molecular weight excluding hydrogens is 344 g/mol. The van der Waals surface area contributed by atoms with E-state index < -0.39 is 0 Å². The molecule has 0 atom stereocenters. The van der Waals surface area contributed by atoms with E-state index in [-0.39, 0.29) is 5.91 Å². The lowest BCUT2D eigenvalue weighted by Crippen LogP contribution is -2.14. The van der Waals surface area contributed by atoms with Crippen molar-refractivity contribution in [3.05, 3.63) is 66.0 Å². The zero-order valence-electron chi connectivity index (χ0n) is 15.3. The summed E-state index contributed by atoms with van der Waals surface area (Å²) in [5.74, 6) is 1.23. The summed E-state index contributed by atoms with van der Waals surface area (Å²) < 4.78 is 10.4. The summed E-state index contributed by atoms with van der Waals surface area (Å²) in [6.45, 7) is 1.99. The highest BCUT2D eigenvalue weighted by molar-refractivity contribution is 6.04. The molecule has 0 saturated carbocycles. The fourth-order valence-corrected chi connectivity index (χ4v) is 2.44. The van der Waals surface area contributed by atoms with Crippen LogP contribution in [0.2, 0.25) is 0 Å². The Labute approximate surface area is 157 Å². The van der Waals surface area contributed by atoms with Gasteiger partial charge in [0.1, 0.15) is 11.5 Å². The molecule has 0 aliphatic heterocycles. The molecule has 27 heavy (non-hydrogen) atoms. The van der Waals surface area contributed by atoms with E-state index >= 15 is 0 Å². The highest BCUT2D eigenvalue weighted by Crippen LogP contribution is 2.29. The van der Waals surface area contributed by atoms with Gasteiger partial charge in [-0.05, 0) is 30.7 Å². The van der Waals surface area contributed by atoms with E-state index in [0.29, 0.717) is 28.7 Å². The predicted molar refractivity (Wildman–Crippen MR) is 104 cm³/mol. The molecular formula is C20H20N4O3. The van der Waals surface area contributed by atoms with Crippen LogP contribution in [-0.4, -0.2) is 30.1 Å². The second-order valence-corrected chi connectivity index (χ2v) is 5.76. The standard InChI is InChI=1S/C20H20N4O3/c1-13-6-4-5-7-16(13)24-20-21-11-14(12-22-20)19(25)23-17-9-8-15(26-2)10-18(17)27-3/h4-12H,1-3H3,(H,23,25)(H,21,22,24). The third-order valence-electron chi connectivity index (χ3n) is 3.96. The minimum Gasteiger partial charge on any atom is -0.497 e. The molecule has 0 aliphatic carbocycles. The van der Waals surface area contributed by atoms with Crippen LogP contribution in [-0.2, 0) is 0 Å². The number of hydrogen-bond donors (Lipinski definition) is 2. The number of amides is 1. The summed E-state index contributed by atoms with van der Waals surface area (Å²) in [4.78, 5) is 20.9. The van der Waals surface area contributed by atoms with Crippen LogP contribution in [0.1, 0.15) is 15.9 Å². The number of methoxy groups -OCH3 is 2. The van der Waals surface area contributed by atoms with Crippen LogP contribution < -0.4 is 20.1 Å². The first kappa shape index (κ1) is 18.2. The molecule has 0 fully saturated rings. The van der Waals surface area contributed by atoms with Gasteiger partial charge in [0.05, 0.1) is 25.5 Å². The van der Waals surface area contributed by atoms with Crippen molar-refractivity contribution in [2.24, 2.45) is 0 Å². The number of carbonyl (C=O) groups excluding carboxylic acids is 1. The molecule has 7 heteroatoms. The Morgan fingerprint density at radius 2 is 1.70 bits per heavy atom. The van der Waals surface area contributed by atoms with Crippen molar-refractivity contribution in [1.29, 1.82) is 0 Å². The van der Waals surface area contributed by atoms with Crippen molar-refractivity contribution in [3.8, 4) is 11.5 Å². The van der Waals surface area contributed by atoms with Crippen molar-refractivity contribution >= 4 is 23.2 Å². The number of para-hydroxylation sites is 1. The summed E-state index contributed by atoms with van der Waals surface area (Å²) >= 11 is 0. The molecule has 2 aromatic carbocycles. The third kappa shape index (κ3) is 4.33. The van der Waals surface area contributed by atoms with Gasteiger partial charge in [-0.3, -0.25) is 4.79 Å². The maximum absolute atomic E-state index is 12.5. The smallest absolute Gasteiger partial charge is 0.258 e. The number of aryl methyl sites for hydroxylation is 1. The van der Waals surface area contributed by atoms with Crippen LogP contribution in [0.15, 0.2) is 54.9 Å². The van der Waals surface area contributed by atoms with Crippen LogP contribution in [0, 0.1) is 6.92 Å². The zero-order chi connectivity index (χ0) is 19.2. The van der Waals surface area contributed by atoms with Crippen LogP contribution in [0.4, 0.5) is 17.3 Å². The van der Waals surface area contributed by atoms with Crippen LogP contribution in [0.25, 0.3) is 0 Å². The van der Waals surface area contributed by atoms with E-state index in [1.807, 2.05) is 31.2 Å². The summed E-state index contributed by atoms with van der Waals surface area (Å²) in [6.07, 6.45) is 2.94. The molecule has 138 valence electrons. The summed E-state index contributed by atoms with van der Waals surface area (Å²) in [5, 5.41) is 5.92. The Morgan fingerprint density at radius 1 is 0.963 bits per heavy atom. The van der Waals surface area contributed by atoms with Gasteiger partial charge in [0, 0.05) is 24.1 Å². The number of anilines is 3. The van der Waals surface area contributed by atoms with Gasteiger partial charge in [-0.25, -0.2) is 9.97 Å².